The van der Waals surface area contributed by atoms with E-state index in [1.807, 2.05) is 30.3 Å². The van der Waals surface area contributed by atoms with Crippen LogP contribution in [0.3, 0.4) is 0 Å². The number of rotatable bonds is 6. The lowest BCUT2D eigenvalue weighted by molar-refractivity contribution is -0.132. The number of benzene rings is 1. The zero-order chi connectivity index (χ0) is 21.3. The third kappa shape index (κ3) is 6.15. The minimum atomic E-state index is -0.342. The molecule has 1 saturated heterocycles. The third-order valence-electron chi connectivity index (χ3n) is 4.50. The second-order valence-corrected chi connectivity index (χ2v) is 7.48. The highest BCUT2D eigenvalue weighted by Crippen LogP contribution is 2.17. The third-order valence-corrected chi connectivity index (χ3v) is 5.31. The Balaban J connectivity index is 1.46. The van der Waals surface area contributed by atoms with E-state index >= 15 is 0 Å². The average molecular weight is 429 g/mol. The summed E-state index contributed by atoms with van der Waals surface area (Å²) in [5.74, 6) is -0.327. The monoisotopic (exact) mass is 428 g/mol. The highest BCUT2D eigenvalue weighted by Gasteiger charge is 2.25. The van der Waals surface area contributed by atoms with Gasteiger partial charge >= 0.3 is 6.09 Å². The molecule has 1 aromatic heterocycles. The van der Waals surface area contributed by atoms with Gasteiger partial charge < -0.3 is 14.5 Å². The van der Waals surface area contributed by atoms with Crippen molar-refractivity contribution in [3.05, 3.63) is 53.0 Å². The van der Waals surface area contributed by atoms with Crippen molar-refractivity contribution in [3.63, 3.8) is 0 Å². The molecule has 0 bridgehead atoms. The number of aromatic nitrogens is 1. The van der Waals surface area contributed by atoms with Crippen molar-refractivity contribution < 1.29 is 19.1 Å². The molecule has 8 nitrogen and oxygen atoms in total. The fraction of sp³-hybridized carbons (Fsp3) is 0.333. The summed E-state index contributed by atoms with van der Waals surface area (Å²) >= 11 is 1.28. The van der Waals surface area contributed by atoms with Gasteiger partial charge in [0.1, 0.15) is 0 Å². The van der Waals surface area contributed by atoms with E-state index in [1.165, 1.54) is 17.4 Å². The number of nitrogens with one attached hydrogen (secondary N) is 1. The molecule has 1 aromatic carbocycles. The lowest BCUT2D eigenvalue weighted by Crippen LogP contribution is -2.51. The number of thiazole rings is 1. The van der Waals surface area contributed by atoms with E-state index in [0.717, 1.165) is 5.56 Å². The predicted molar refractivity (Wildman–Crippen MR) is 115 cm³/mol. The van der Waals surface area contributed by atoms with Crippen LogP contribution in [0.2, 0.25) is 0 Å². The maximum atomic E-state index is 12.5. The molecule has 158 valence electrons. The number of hydrogen-bond acceptors (Lipinski definition) is 6. The maximum absolute atomic E-state index is 12.5. The van der Waals surface area contributed by atoms with Gasteiger partial charge in [0.15, 0.2) is 5.13 Å². The molecule has 1 fully saturated rings. The van der Waals surface area contributed by atoms with Gasteiger partial charge in [-0.25, -0.2) is 9.78 Å². The Morgan fingerprint density at radius 3 is 2.53 bits per heavy atom. The van der Waals surface area contributed by atoms with Gasteiger partial charge in [-0.05, 0) is 18.6 Å². The van der Waals surface area contributed by atoms with Crippen LogP contribution in [-0.4, -0.2) is 65.5 Å². The van der Waals surface area contributed by atoms with Crippen molar-refractivity contribution in [2.24, 2.45) is 0 Å². The summed E-state index contributed by atoms with van der Waals surface area (Å²) in [5, 5.41) is 4.93. The number of carbonyl (C=O) groups excluding carboxylic acids is 3. The minimum absolute atomic E-state index is 0.0503. The fourth-order valence-electron chi connectivity index (χ4n) is 2.95. The highest BCUT2D eigenvalue weighted by atomic mass is 32.1. The number of piperazine rings is 1. The van der Waals surface area contributed by atoms with Crippen molar-refractivity contribution in [2.75, 3.05) is 38.1 Å². The van der Waals surface area contributed by atoms with Crippen molar-refractivity contribution in [2.45, 2.75) is 13.3 Å². The highest BCUT2D eigenvalue weighted by molar-refractivity contribution is 7.14. The number of ether oxygens (including phenoxy) is 1. The summed E-state index contributed by atoms with van der Waals surface area (Å²) in [5.41, 5.74) is 1.54. The van der Waals surface area contributed by atoms with Crippen LogP contribution in [0.5, 0.6) is 0 Å². The molecule has 2 aromatic rings. The Bertz CT molecular complexity index is 905. The van der Waals surface area contributed by atoms with E-state index in [0.29, 0.717) is 43.6 Å². The van der Waals surface area contributed by atoms with Crippen LogP contribution in [0, 0.1) is 0 Å². The first-order valence-electron chi connectivity index (χ1n) is 9.73. The lowest BCUT2D eigenvalue weighted by atomic mass is 10.2. The first kappa shape index (κ1) is 21.5. The van der Waals surface area contributed by atoms with Gasteiger partial charge in [0.25, 0.3) is 0 Å². The molecule has 1 aliphatic heterocycles. The van der Waals surface area contributed by atoms with E-state index in [9.17, 15) is 14.4 Å². The summed E-state index contributed by atoms with van der Waals surface area (Å²) in [4.78, 5) is 44.0. The molecular formula is C21H24N4O4S. The summed E-state index contributed by atoms with van der Waals surface area (Å²) in [7, 11) is 0. The van der Waals surface area contributed by atoms with Gasteiger partial charge in [-0.2, -0.15) is 0 Å². The number of anilines is 1. The Morgan fingerprint density at radius 2 is 1.83 bits per heavy atom. The number of carbonyl (C=O) groups is 3. The van der Waals surface area contributed by atoms with Gasteiger partial charge in [-0.1, -0.05) is 30.3 Å². The predicted octanol–water partition coefficient (Wildman–Crippen LogP) is 2.64. The standard InChI is InChI=1S/C21H24N4O4S/c1-2-29-21(28)25-12-10-24(11-13-25)19(27)14-17-15-30-20(22-17)23-18(26)9-8-16-6-4-3-5-7-16/h3-9,15H,2,10-14H2,1H3,(H,22,23,26)/b9-8+. The van der Waals surface area contributed by atoms with Crippen LogP contribution in [-0.2, 0) is 20.7 Å². The Labute approximate surface area is 179 Å². The van der Waals surface area contributed by atoms with E-state index in [4.69, 9.17) is 4.74 Å². The SMILES string of the molecule is CCOC(=O)N1CCN(C(=O)Cc2csc(NC(=O)/C=C/c3ccccc3)n2)CC1. The van der Waals surface area contributed by atoms with E-state index in [1.54, 1.807) is 28.2 Å². The molecule has 1 N–H and O–H groups in total. The summed E-state index contributed by atoms with van der Waals surface area (Å²) in [6.07, 6.45) is 2.99. The first-order valence-corrected chi connectivity index (χ1v) is 10.6. The zero-order valence-corrected chi connectivity index (χ0v) is 17.6. The molecule has 0 spiro atoms. The van der Waals surface area contributed by atoms with Crippen LogP contribution in [0.1, 0.15) is 18.2 Å². The first-order chi connectivity index (χ1) is 14.5. The normalized spacial score (nSPS) is 14.0. The number of hydrogen-bond donors (Lipinski definition) is 1. The quantitative estimate of drug-likeness (QED) is 0.714. The van der Waals surface area contributed by atoms with Crippen LogP contribution in [0.25, 0.3) is 6.08 Å². The molecule has 0 unspecified atom stereocenters. The van der Waals surface area contributed by atoms with Crippen LogP contribution in [0.15, 0.2) is 41.8 Å². The van der Waals surface area contributed by atoms with Crippen molar-refractivity contribution in [1.29, 1.82) is 0 Å². The van der Waals surface area contributed by atoms with Gasteiger partial charge in [0.2, 0.25) is 11.8 Å². The molecular weight excluding hydrogens is 404 g/mol. The maximum Gasteiger partial charge on any atom is 0.409 e. The molecule has 0 saturated carbocycles. The van der Waals surface area contributed by atoms with Crippen LogP contribution < -0.4 is 5.32 Å². The van der Waals surface area contributed by atoms with Crippen molar-refractivity contribution >= 4 is 40.5 Å². The summed E-state index contributed by atoms with van der Waals surface area (Å²) < 4.78 is 4.99. The van der Waals surface area contributed by atoms with Gasteiger partial charge in [-0.15, -0.1) is 11.3 Å². The van der Waals surface area contributed by atoms with Crippen molar-refractivity contribution in [1.82, 2.24) is 14.8 Å². The second kappa shape index (κ2) is 10.5. The van der Waals surface area contributed by atoms with Crippen LogP contribution >= 0.6 is 11.3 Å². The molecule has 30 heavy (non-hydrogen) atoms. The Morgan fingerprint density at radius 1 is 1.13 bits per heavy atom. The topological polar surface area (TPSA) is 91.8 Å². The molecule has 0 atom stereocenters. The lowest BCUT2D eigenvalue weighted by Gasteiger charge is -2.34. The van der Waals surface area contributed by atoms with Crippen molar-refractivity contribution in [3.8, 4) is 0 Å². The molecule has 3 rings (SSSR count). The second-order valence-electron chi connectivity index (χ2n) is 6.62. The fourth-order valence-corrected chi connectivity index (χ4v) is 3.66. The van der Waals surface area contributed by atoms with Gasteiger partial charge in [0, 0.05) is 37.6 Å². The molecule has 2 heterocycles. The molecule has 1 aliphatic rings. The Kier molecular flexibility index (Phi) is 7.56. The van der Waals surface area contributed by atoms with E-state index in [2.05, 4.69) is 10.3 Å². The molecule has 3 amide bonds. The zero-order valence-electron chi connectivity index (χ0n) is 16.7. The summed E-state index contributed by atoms with van der Waals surface area (Å²) in [6.45, 7) is 3.95. The van der Waals surface area contributed by atoms with E-state index in [-0.39, 0.29) is 24.3 Å². The van der Waals surface area contributed by atoms with Gasteiger partial charge in [-0.3, -0.25) is 14.9 Å². The average Bonchev–Trinajstić information content (AvgIpc) is 3.19. The molecule has 0 aliphatic carbocycles. The summed E-state index contributed by atoms with van der Waals surface area (Å²) in [6, 6.07) is 9.53. The largest absolute Gasteiger partial charge is 0.450 e. The molecule has 0 radical (unpaired) electrons. The minimum Gasteiger partial charge on any atom is -0.450 e. The number of amides is 3. The molecule has 9 heteroatoms. The van der Waals surface area contributed by atoms with Gasteiger partial charge in [0.05, 0.1) is 18.7 Å². The Hall–Kier alpha value is -3.20. The smallest absolute Gasteiger partial charge is 0.409 e. The van der Waals surface area contributed by atoms with E-state index < -0.39 is 0 Å². The van der Waals surface area contributed by atoms with Crippen LogP contribution in [0.4, 0.5) is 9.93 Å². The number of nitrogens with zero attached hydrogens (tertiary/aromatic N) is 3.